The van der Waals surface area contributed by atoms with Gasteiger partial charge in [-0.05, 0) is 37.3 Å². The third kappa shape index (κ3) is 4.66. The molecule has 2 aromatic rings. The Balaban J connectivity index is 2.06. The number of carbonyl (C=O) groups excluding carboxylic acids is 2. The van der Waals surface area contributed by atoms with Gasteiger partial charge in [0.15, 0.2) is 6.10 Å². The molecule has 2 aromatic carbocycles. The van der Waals surface area contributed by atoms with Crippen LogP contribution in [0.15, 0.2) is 53.4 Å². The summed E-state index contributed by atoms with van der Waals surface area (Å²) in [5.41, 5.74) is 0.686. The van der Waals surface area contributed by atoms with Crippen LogP contribution in [0.25, 0.3) is 0 Å². The maximum absolute atomic E-state index is 12.2. The molecule has 0 saturated carbocycles. The maximum atomic E-state index is 12.2. The number of amides is 1. The van der Waals surface area contributed by atoms with E-state index in [-0.39, 0.29) is 5.56 Å². The molecule has 0 aromatic heterocycles. The Morgan fingerprint density at radius 1 is 1.17 bits per heavy atom. The van der Waals surface area contributed by atoms with E-state index in [1.54, 1.807) is 42.5 Å². The van der Waals surface area contributed by atoms with Crippen LogP contribution in [0.1, 0.15) is 17.3 Å². The van der Waals surface area contributed by atoms with E-state index in [1.807, 2.05) is 0 Å². The molecule has 1 amide bonds. The Hall–Kier alpha value is -2.18. The van der Waals surface area contributed by atoms with Gasteiger partial charge < -0.3 is 10.1 Å². The first-order valence-electron chi connectivity index (χ1n) is 7.08. The van der Waals surface area contributed by atoms with Gasteiger partial charge in [-0.3, -0.25) is 9.00 Å². The number of rotatable bonds is 5. The number of hydrogen-bond acceptors (Lipinski definition) is 4. The molecule has 0 aliphatic rings. The van der Waals surface area contributed by atoms with Gasteiger partial charge in [0.2, 0.25) is 0 Å². The number of ether oxygens (including phenoxy) is 1. The molecule has 24 heavy (non-hydrogen) atoms. The van der Waals surface area contributed by atoms with Gasteiger partial charge in [-0.25, -0.2) is 4.79 Å². The lowest BCUT2D eigenvalue weighted by atomic mass is 10.2. The lowest BCUT2D eigenvalue weighted by Gasteiger charge is -2.14. The van der Waals surface area contributed by atoms with Crippen LogP contribution in [0.3, 0.4) is 0 Å². The minimum atomic E-state index is -1.34. The molecule has 0 bridgehead atoms. The summed E-state index contributed by atoms with van der Waals surface area (Å²) < 4.78 is 16.8. The normalized spacial score (nSPS) is 13.0. The molecule has 0 aliphatic carbocycles. The molecule has 5 nitrogen and oxygen atoms in total. The van der Waals surface area contributed by atoms with E-state index in [4.69, 9.17) is 16.3 Å². The van der Waals surface area contributed by atoms with Crippen molar-refractivity contribution in [3.63, 3.8) is 0 Å². The third-order valence-electron chi connectivity index (χ3n) is 3.16. The largest absolute Gasteiger partial charge is 0.449 e. The zero-order chi connectivity index (χ0) is 17.7. The highest BCUT2D eigenvalue weighted by atomic mass is 35.5. The van der Waals surface area contributed by atoms with Gasteiger partial charge in [-0.1, -0.05) is 29.8 Å². The van der Waals surface area contributed by atoms with Crippen LogP contribution in [0, 0.1) is 0 Å². The van der Waals surface area contributed by atoms with Gasteiger partial charge in [0, 0.05) is 17.0 Å². The smallest absolute Gasteiger partial charge is 0.340 e. The summed E-state index contributed by atoms with van der Waals surface area (Å²) in [5, 5.41) is 3.10. The molecule has 2 atom stereocenters. The van der Waals surface area contributed by atoms with Crippen molar-refractivity contribution in [3.8, 4) is 0 Å². The number of nitrogens with one attached hydrogen (secondary N) is 1. The van der Waals surface area contributed by atoms with Crippen LogP contribution >= 0.6 is 11.6 Å². The second kappa shape index (κ2) is 8.08. The van der Waals surface area contributed by atoms with E-state index in [0.717, 1.165) is 0 Å². The second-order valence-corrected chi connectivity index (χ2v) is 6.78. The Kier molecular flexibility index (Phi) is 6.11. The summed E-state index contributed by atoms with van der Waals surface area (Å²) >= 11 is 5.85. The highest BCUT2D eigenvalue weighted by molar-refractivity contribution is 7.84. The molecule has 0 heterocycles. The van der Waals surface area contributed by atoms with Gasteiger partial charge in [-0.15, -0.1) is 0 Å². The summed E-state index contributed by atoms with van der Waals surface area (Å²) in [6.45, 7) is 1.46. The Morgan fingerprint density at radius 3 is 2.54 bits per heavy atom. The quantitative estimate of drug-likeness (QED) is 0.825. The summed E-state index contributed by atoms with van der Waals surface area (Å²) in [6, 6.07) is 13.1. The molecular formula is C17H16ClNO4S. The number of halogens is 1. The molecule has 1 N–H and O–H groups in total. The molecule has 0 radical (unpaired) electrons. The van der Waals surface area contributed by atoms with Crippen LogP contribution in [0.2, 0.25) is 5.02 Å². The number of anilines is 1. The Morgan fingerprint density at radius 2 is 1.88 bits per heavy atom. The van der Waals surface area contributed by atoms with E-state index < -0.39 is 28.8 Å². The van der Waals surface area contributed by atoms with Crippen LogP contribution < -0.4 is 5.32 Å². The van der Waals surface area contributed by atoms with Crippen LogP contribution in [0.4, 0.5) is 5.69 Å². The van der Waals surface area contributed by atoms with Crippen molar-refractivity contribution < 1.29 is 18.5 Å². The zero-order valence-corrected chi connectivity index (χ0v) is 14.7. The van der Waals surface area contributed by atoms with Crippen molar-refractivity contribution in [2.75, 3.05) is 11.6 Å². The first-order chi connectivity index (χ1) is 11.4. The SMILES string of the molecule is C[C@H](OC(=O)c1ccccc1[S@](C)=O)C(=O)Nc1cccc(Cl)c1. The van der Waals surface area contributed by atoms with Crippen LogP contribution in [-0.2, 0) is 20.3 Å². The number of esters is 1. The van der Waals surface area contributed by atoms with Gasteiger partial charge >= 0.3 is 5.97 Å². The molecule has 7 heteroatoms. The fourth-order valence-corrected chi connectivity index (χ4v) is 2.90. The van der Waals surface area contributed by atoms with Crippen molar-refractivity contribution in [3.05, 3.63) is 59.1 Å². The fourth-order valence-electron chi connectivity index (χ4n) is 1.97. The van der Waals surface area contributed by atoms with Gasteiger partial charge in [0.1, 0.15) is 0 Å². The Labute approximate surface area is 147 Å². The van der Waals surface area contributed by atoms with Gasteiger partial charge in [-0.2, -0.15) is 0 Å². The number of benzene rings is 2. The predicted molar refractivity (Wildman–Crippen MR) is 93.7 cm³/mol. The fraction of sp³-hybridized carbons (Fsp3) is 0.176. The summed E-state index contributed by atoms with van der Waals surface area (Å²) in [7, 11) is -1.34. The molecule has 0 saturated heterocycles. The topological polar surface area (TPSA) is 72.5 Å². The predicted octanol–water partition coefficient (Wildman–Crippen LogP) is 3.26. The van der Waals surface area contributed by atoms with Crippen molar-refractivity contribution in [2.45, 2.75) is 17.9 Å². The minimum absolute atomic E-state index is 0.181. The highest BCUT2D eigenvalue weighted by Crippen LogP contribution is 2.17. The molecule has 0 fully saturated rings. The van der Waals surface area contributed by atoms with Crippen molar-refractivity contribution >= 4 is 40.0 Å². The lowest BCUT2D eigenvalue weighted by Crippen LogP contribution is -2.30. The van der Waals surface area contributed by atoms with Crippen molar-refractivity contribution in [1.82, 2.24) is 0 Å². The average Bonchev–Trinajstić information content (AvgIpc) is 2.54. The van der Waals surface area contributed by atoms with Crippen molar-refractivity contribution in [2.24, 2.45) is 0 Å². The summed E-state index contributed by atoms with van der Waals surface area (Å²) in [5.74, 6) is -1.18. The standard InChI is InChI=1S/C17H16ClNO4S/c1-11(16(20)19-13-7-5-6-12(18)10-13)23-17(21)14-8-3-4-9-15(14)24(2)22/h3-11H,1-2H3,(H,19,20)/t11-,24-/m0/s1. The van der Waals surface area contributed by atoms with E-state index >= 15 is 0 Å². The first-order valence-corrected chi connectivity index (χ1v) is 9.02. The molecule has 0 unspecified atom stereocenters. The van der Waals surface area contributed by atoms with E-state index in [1.165, 1.54) is 19.2 Å². The van der Waals surface area contributed by atoms with E-state index in [2.05, 4.69) is 5.32 Å². The second-order valence-electron chi connectivity index (χ2n) is 5.00. The van der Waals surface area contributed by atoms with Crippen molar-refractivity contribution in [1.29, 1.82) is 0 Å². The summed E-state index contributed by atoms with van der Waals surface area (Å²) in [4.78, 5) is 24.7. The monoisotopic (exact) mass is 365 g/mol. The average molecular weight is 366 g/mol. The lowest BCUT2D eigenvalue weighted by molar-refractivity contribution is -0.123. The molecule has 2 rings (SSSR count). The molecular weight excluding hydrogens is 350 g/mol. The van der Waals surface area contributed by atoms with Crippen LogP contribution in [-0.4, -0.2) is 28.4 Å². The molecule has 0 aliphatic heterocycles. The molecule has 0 spiro atoms. The third-order valence-corrected chi connectivity index (χ3v) is 4.37. The first kappa shape index (κ1) is 18.2. The van der Waals surface area contributed by atoms with E-state index in [0.29, 0.717) is 15.6 Å². The number of carbonyl (C=O) groups is 2. The zero-order valence-electron chi connectivity index (χ0n) is 13.1. The highest BCUT2D eigenvalue weighted by Gasteiger charge is 2.21. The van der Waals surface area contributed by atoms with Gasteiger partial charge in [0.05, 0.1) is 21.3 Å². The summed E-state index contributed by atoms with van der Waals surface area (Å²) in [6.07, 6.45) is 0.455. The molecule has 126 valence electrons. The van der Waals surface area contributed by atoms with Gasteiger partial charge in [0.25, 0.3) is 5.91 Å². The maximum Gasteiger partial charge on any atom is 0.340 e. The minimum Gasteiger partial charge on any atom is -0.449 e. The van der Waals surface area contributed by atoms with Crippen LogP contribution in [0.5, 0.6) is 0 Å². The Bertz CT molecular complexity index is 794. The number of hydrogen-bond donors (Lipinski definition) is 1. The van der Waals surface area contributed by atoms with E-state index in [9.17, 15) is 13.8 Å².